The Morgan fingerprint density at radius 2 is 1.94 bits per heavy atom. The van der Waals surface area contributed by atoms with Crippen molar-refractivity contribution < 1.29 is 9.59 Å². The Bertz CT molecular complexity index is 1210. The van der Waals surface area contributed by atoms with Crippen LogP contribution in [-0.2, 0) is 19.4 Å². The molecule has 0 saturated carbocycles. The molecule has 4 rings (SSSR count). The van der Waals surface area contributed by atoms with E-state index < -0.39 is 0 Å². The van der Waals surface area contributed by atoms with E-state index in [9.17, 15) is 9.59 Å². The lowest BCUT2D eigenvalue weighted by atomic mass is 10.0. The summed E-state index contributed by atoms with van der Waals surface area (Å²) in [7, 11) is 0. The van der Waals surface area contributed by atoms with Gasteiger partial charge in [-0.2, -0.15) is 5.26 Å². The molecule has 34 heavy (non-hydrogen) atoms. The average Bonchev–Trinajstić information content (AvgIpc) is 3.26. The maximum absolute atomic E-state index is 12.9. The van der Waals surface area contributed by atoms with Gasteiger partial charge < -0.3 is 10.2 Å². The van der Waals surface area contributed by atoms with E-state index in [1.807, 2.05) is 25.1 Å². The molecule has 8 heteroatoms. The lowest BCUT2D eigenvalue weighted by Gasteiger charge is -2.23. The number of fused-ring (bicyclic) bond motifs is 1. The van der Waals surface area contributed by atoms with Gasteiger partial charge in [-0.25, -0.2) is 9.78 Å². The maximum Gasteiger partial charge on any atom is 0.322 e. The Labute approximate surface area is 203 Å². The first-order chi connectivity index (χ1) is 16.6. The quantitative estimate of drug-likeness (QED) is 0.467. The molecule has 0 fully saturated rings. The van der Waals surface area contributed by atoms with Crippen molar-refractivity contribution in [2.75, 3.05) is 17.2 Å². The summed E-state index contributed by atoms with van der Waals surface area (Å²) in [5.41, 5.74) is 3.57. The number of hydrogen-bond donors (Lipinski definition) is 2. The van der Waals surface area contributed by atoms with E-state index in [2.05, 4.69) is 21.7 Å². The minimum atomic E-state index is -0.250. The molecule has 0 bridgehead atoms. The molecule has 174 valence electrons. The van der Waals surface area contributed by atoms with Gasteiger partial charge in [0.25, 0.3) is 5.91 Å². The third-order valence-electron chi connectivity index (χ3n) is 5.65. The molecule has 2 aromatic carbocycles. The van der Waals surface area contributed by atoms with E-state index in [4.69, 9.17) is 5.26 Å². The first kappa shape index (κ1) is 23.5. The van der Waals surface area contributed by atoms with E-state index in [0.717, 1.165) is 36.9 Å². The zero-order chi connectivity index (χ0) is 23.9. The molecule has 2 N–H and O–H groups in total. The van der Waals surface area contributed by atoms with Crippen LogP contribution in [0.2, 0.25) is 0 Å². The monoisotopic (exact) mass is 473 g/mol. The van der Waals surface area contributed by atoms with Gasteiger partial charge >= 0.3 is 6.03 Å². The van der Waals surface area contributed by atoms with Crippen LogP contribution in [0.25, 0.3) is 0 Å². The van der Waals surface area contributed by atoms with E-state index >= 15 is 0 Å². The van der Waals surface area contributed by atoms with Crippen LogP contribution in [-0.4, -0.2) is 28.4 Å². The fraction of sp³-hybridized carbons (Fsp3) is 0.308. The molecular formula is C26H27N5O2S. The SMILES string of the molecule is CCCN(Cc1cccc(C(=O)Nc2nc3c(s2)CCCC3)c1)C(=O)Nc1cccc(C#N)c1. The zero-order valence-corrected chi connectivity index (χ0v) is 20.0. The molecule has 0 spiro atoms. The highest BCUT2D eigenvalue weighted by molar-refractivity contribution is 7.15. The van der Waals surface area contributed by atoms with Crippen molar-refractivity contribution in [3.05, 3.63) is 75.8 Å². The first-order valence-corrected chi connectivity index (χ1v) is 12.3. The summed E-state index contributed by atoms with van der Waals surface area (Å²) in [6, 6.07) is 16.0. The van der Waals surface area contributed by atoms with Crippen LogP contribution < -0.4 is 10.6 Å². The van der Waals surface area contributed by atoms with E-state index in [1.54, 1.807) is 46.6 Å². The second-order valence-corrected chi connectivity index (χ2v) is 9.38. The number of aryl methyl sites for hydroxylation is 2. The fourth-order valence-electron chi connectivity index (χ4n) is 4.00. The van der Waals surface area contributed by atoms with Crippen LogP contribution >= 0.6 is 11.3 Å². The molecule has 1 aliphatic rings. The standard InChI is InChI=1S/C26H27N5O2S/c1-2-13-31(26(33)28-21-10-6-7-18(15-21)16-27)17-19-8-5-9-20(14-19)24(32)30-25-29-22-11-3-4-12-23(22)34-25/h5-10,14-15H,2-4,11-13,17H2,1H3,(H,28,33)(H,29,30,32). The summed E-state index contributed by atoms with van der Waals surface area (Å²) < 4.78 is 0. The van der Waals surface area contributed by atoms with Gasteiger partial charge in [-0.15, -0.1) is 11.3 Å². The predicted molar refractivity (Wildman–Crippen MR) is 134 cm³/mol. The van der Waals surface area contributed by atoms with Gasteiger partial charge in [0.2, 0.25) is 0 Å². The van der Waals surface area contributed by atoms with Crippen LogP contribution in [0.3, 0.4) is 0 Å². The predicted octanol–water partition coefficient (Wildman–Crippen LogP) is 5.59. The third-order valence-corrected chi connectivity index (χ3v) is 6.73. The van der Waals surface area contributed by atoms with Gasteiger partial charge in [-0.05, 0) is 68.0 Å². The zero-order valence-electron chi connectivity index (χ0n) is 19.1. The van der Waals surface area contributed by atoms with Crippen molar-refractivity contribution in [3.63, 3.8) is 0 Å². The fourth-order valence-corrected chi connectivity index (χ4v) is 5.04. The van der Waals surface area contributed by atoms with Crippen LogP contribution in [0.5, 0.6) is 0 Å². The number of benzene rings is 2. The molecule has 1 heterocycles. The molecule has 1 aliphatic carbocycles. The number of carbonyl (C=O) groups excluding carboxylic acids is 2. The number of urea groups is 1. The summed E-state index contributed by atoms with van der Waals surface area (Å²) in [4.78, 5) is 33.3. The molecule has 0 unspecified atom stereocenters. The van der Waals surface area contributed by atoms with Gasteiger partial charge in [0.15, 0.2) is 5.13 Å². The smallest absolute Gasteiger partial charge is 0.320 e. The summed E-state index contributed by atoms with van der Waals surface area (Å²) in [6.07, 6.45) is 5.14. The molecule has 0 atom stereocenters. The number of nitrogens with zero attached hydrogens (tertiary/aromatic N) is 3. The van der Waals surface area contributed by atoms with E-state index in [0.29, 0.717) is 35.0 Å². The molecule has 7 nitrogen and oxygen atoms in total. The van der Waals surface area contributed by atoms with Gasteiger partial charge in [-0.1, -0.05) is 25.1 Å². The van der Waals surface area contributed by atoms with E-state index in [-0.39, 0.29) is 11.9 Å². The number of nitrogens with one attached hydrogen (secondary N) is 2. The Hall–Kier alpha value is -3.70. The number of rotatable bonds is 7. The van der Waals surface area contributed by atoms with Crippen molar-refractivity contribution in [3.8, 4) is 6.07 Å². The van der Waals surface area contributed by atoms with Gasteiger partial charge in [0.05, 0.1) is 17.3 Å². The number of carbonyl (C=O) groups is 2. The second kappa shape index (κ2) is 10.9. The summed E-state index contributed by atoms with van der Waals surface area (Å²) in [6.45, 7) is 2.93. The summed E-state index contributed by atoms with van der Waals surface area (Å²) >= 11 is 1.56. The minimum absolute atomic E-state index is 0.201. The maximum atomic E-state index is 12.9. The number of amides is 3. The van der Waals surface area contributed by atoms with Crippen LogP contribution in [0.4, 0.5) is 15.6 Å². The Morgan fingerprint density at radius 1 is 1.12 bits per heavy atom. The molecule has 3 amide bonds. The molecular weight excluding hydrogens is 446 g/mol. The van der Waals surface area contributed by atoms with Crippen LogP contribution in [0.15, 0.2) is 48.5 Å². The van der Waals surface area contributed by atoms with E-state index in [1.165, 1.54) is 11.3 Å². The van der Waals surface area contributed by atoms with Crippen molar-refractivity contribution in [1.29, 1.82) is 5.26 Å². The molecule has 1 aromatic heterocycles. The largest absolute Gasteiger partial charge is 0.322 e. The highest BCUT2D eigenvalue weighted by Crippen LogP contribution is 2.29. The number of hydrogen-bond acceptors (Lipinski definition) is 5. The van der Waals surface area contributed by atoms with Crippen molar-refractivity contribution in [2.45, 2.75) is 45.6 Å². The lowest BCUT2D eigenvalue weighted by Crippen LogP contribution is -2.35. The third kappa shape index (κ3) is 5.80. The lowest BCUT2D eigenvalue weighted by molar-refractivity contribution is 0.102. The second-order valence-electron chi connectivity index (χ2n) is 8.29. The van der Waals surface area contributed by atoms with Crippen molar-refractivity contribution in [1.82, 2.24) is 9.88 Å². The van der Waals surface area contributed by atoms with Crippen molar-refractivity contribution >= 4 is 34.1 Å². The molecule has 0 aliphatic heterocycles. The average molecular weight is 474 g/mol. The topological polar surface area (TPSA) is 98.1 Å². The van der Waals surface area contributed by atoms with Crippen molar-refractivity contribution in [2.24, 2.45) is 0 Å². The normalized spacial score (nSPS) is 12.4. The number of aromatic nitrogens is 1. The van der Waals surface area contributed by atoms with Crippen LogP contribution in [0.1, 0.15) is 58.2 Å². The number of nitriles is 1. The van der Waals surface area contributed by atoms with Gasteiger partial charge in [-0.3, -0.25) is 10.1 Å². The first-order valence-electron chi connectivity index (χ1n) is 11.5. The Morgan fingerprint density at radius 3 is 2.74 bits per heavy atom. The number of anilines is 2. The van der Waals surface area contributed by atoms with Gasteiger partial charge in [0, 0.05) is 29.2 Å². The summed E-state index contributed by atoms with van der Waals surface area (Å²) in [5, 5.41) is 15.5. The van der Waals surface area contributed by atoms with Gasteiger partial charge in [0.1, 0.15) is 0 Å². The highest BCUT2D eigenvalue weighted by atomic mass is 32.1. The Kier molecular flexibility index (Phi) is 7.55. The highest BCUT2D eigenvalue weighted by Gasteiger charge is 2.18. The number of thiazole rings is 1. The minimum Gasteiger partial charge on any atom is -0.320 e. The Balaban J connectivity index is 1.43. The molecule has 3 aromatic rings. The molecule has 0 radical (unpaired) electrons. The van der Waals surface area contributed by atoms with Crippen LogP contribution in [0, 0.1) is 11.3 Å². The summed E-state index contributed by atoms with van der Waals surface area (Å²) in [5.74, 6) is -0.201. The molecule has 0 saturated heterocycles.